The van der Waals surface area contributed by atoms with Gasteiger partial charge in [-0.3, -0.25) is 4.79 Å². The summed E-state index contributed by atoms with van der Waals surface area (Å²) in [5.41, 5.74) is 0. The molecule has 3 nitrogen and oxygen atoms in total. The predicted molar refractivity (Wildman–Crippen MR) is 55.7 cm³/mol. The first kappa shape index (κ1) is 10.8. The number of alkyl halides is 1. The van der Waals surface area contributed by atoms with Crippen LogP contribution >= 0.6 is 27.3 Å². The van der Waals surface area contributed by atoms with E-state index in [9.17, 15) is 4.79 Å². The Kier molecular flexibility index (Phi) is 4.55. The van der Waals surface area contributed by atoms with Gasteiger partial charge in [-0.2, -0.15) is 0 Å². The first-order valence-corrected chi connectivity index (χ1v) is 5.55. The lowest BCUT2D eigenvalue weighted by atomic mass is 10.3. The molecule has 0 aliphatic rings. The van der Waals surface area contributed by atoms with Crippen molar-refractivity contribution in [2.24, 2.45) is 0 Å². The number of rotatable bonds is 5. The second kappa shape index (κ2) is 5.47. The van der Waals surface area contributed by atoms with Crippen LogP contribution in [0.1, 0.15) is 25.9 Å². The SMILES string of the molecule is COCCC(Br)c1ncc(C=O)s1. The molecule has 0 bridgehead atoms. The lowest BCUT2D eigenvalue weighted by Crippen LogP contribution is -1.94. The summed E-state index contributed by atoms with van der Waals surface area (Å²) in [6.45, 7) is 0.686. The number of carbonyl (C=O) groups excluding carboxylic acids is 1. The smallest absolute Gasteiger partial charge is 0.161 e. The summed E-state index contributed by atoms with van der Waals surface area (Å²) in [6, 6.07) is 0. The number of thiazole rings is 1. The van der Waals surface area contributed by atoms with Crippen molar-refractivity contribution in [1.29, 1.82) is 0 Å². The van der Waals surface area contributed by atoms with Crippen LogP contribution < -0.4 is 0 Å². The number of hydrogen-bond donors (Lipinski definition) is 0. The van der Waals surface area contributed by atoms with Crippen LogP contribution in [-0.2, 0) is 4.74 Å². The van der Waals surface area contributed by atoms with Crippen LogP contribution in [0.4, 0.5) is 0 Å². The van der Waals surface area contributed by atoms with Crippen LogP contribution in [0.15, 0.2) is 6.20 Å². The van der Waals surface area contributed by atoms with Crippen molar-refractivity contribution in [2.45, 2.75) is 11.2 Å². The third-order valence-electron chi connectivity index (χ3n) is 1.50. The number of hydrogen-bond acceptors (Lipinski definition) is 4. The van der Waals surface area contributed by atoms with E-state index in [0.29, 0.717) is 11.5 Å². The minimum Gasteiger partial charge on any atom is -0.385 e. The third-order valence-corrected chi connectivity index (χ3v) is 3.73. The summed E-state index contributed by atoms with van der Waals surface area (Å²) in [5, 5.41) is 0.930. The molecule has 1 unspecified atom stereocenters. The lowest BCUT2D eigenvalue weighted by Gasteiger charge is -2.03. The topological polar surface area (TPSA) is 39.2 Å². The van der Waals surface area contributed by atoms with E-state index in [1.807, 2.05) is 0 Å². The van der Waals surface area contributed by atoms with Crippen molar-refractivity contribution in [2.75, 3.05) is 13.7 Å². The molecule has 1 heterocycles. The van der Waals surface area contributed by atoms with Gasteiger partial charge in [0, 0.05) is 19.9 Å². The van der Waals surface area contributed by atoms with Gasteiger partial charge in [0.15, 0.2) is 6.29 Å². The van der Waals surface area contributed by atoms with Gasteiger partial charge in [-0.25, -0.2) is 4.98 Å². The Hall–Kier alpha value is -0.260. The largest absolute Gasteiger partial charge is 0.385 e. The number of carbonyl (C=O) groups is 1. The molecule has 13 heavy (non-hydrogen) atoms. The second-order valence-electron chi connectivity index (χ2n) is 2.47. The summed E-state index contributed by atoms with van der Waals surface area (Å²) in [4.78, 5) is 15.4. The maximum absolute atomic E-state index is 10.4. The minimum absolute atomic E-state index is 0.186. The second-order valence-corrected chi connectivity index (χ2v) is 4.67. The first-order chi connectivity index (χ1) is 6.27. The van der Waals surface area contributed by atoms with Crippen molar-refractivity contribution in [3.05, 3.63) is 16.1 Å². The summed E-state index contributed by atoms with van der Waals surface area (Å²) >= 11 is 4.89. The number of aromatic nitrogens is 1. The van der Waals surface area contributed by atoms with E-state index < -0.39 is 0 Å². The maximum atomic E-state index is 10.4. The van der Waals surface area contributed by atoms with Gasteiger partial charge in [-0.15, -0.1) is 11.3 Å². The van der Waals surface area contributed by atoms with Crippen LogP contribution in [0.2, 0.25) is 0 Å². The van der Waals surface area contributed by atoms with Crippen molar-refractivity contribution < 1.29 is 9.53 Å². The molecule has 0 radical (unpaired) electrons. The molecule has 1 atom stereocenters. The van der Waals surface area contributed by atoms with E-state index in [2.05, 4.69) is 20.9 Å². The summed E-state index contributed by atoms with van der Waals surface area (Å²) in [6.07, 6.45) is 3.27. The van der Waals surface area contributed by atoms with Crippen molar-refractivity contribution >= 4 is 33.6 Å². The van der Waals surface area contributed by atoms with Gasteiger partial charge < -0.3 is 4.74 Å². The molecule has 0 aromatic carbocycles. The number of nitrogens with zero attached hydrogens (tertiary/aromatic N) is 1. The van der Waals surface area contributed by atoms with E-state index in [1.165, 1.54) is 11.3 Å². The van der Waals surface area contributed by atoms with Crippen molar-refractivity contribution in [3.63, 3.8) is 0 Å². The Morgan fingerprint density at radius 3 is 3.15 bits per heavy atom. The molecule has 0 fully saturated rings. The molecule has 1 aromatic rings. The zero-order valence-corrected chi connectivity index (χ0v) is 9.60. The van der Waals surface area contributed by atoms with Crippen molar-refractivity contribution in [3.8, 4) is 0 Å². The van der Waals surface area contributed by atoms with Crippen LogP contribution in [0, 0.1) is 0 Å². The fourth-order valence-corrected chi connectivity index (χ4v) is 2.18. The van der Waals surface area contributed by atoms with Gasteiger partial charge in [0.2, 0.25) is 0 Å². The predicted octanol–water partition coefficient (Wildman–Crippen LogP) is 2.43. The summed E-state index contributed by atoms with van der Waals surface area (Å²) in [7, 11) is 1.67. The average Bonchev–Trinajstić information content (AvgIpc) is 2.62. The maximum Gasteiger partial charge on any atom is 0.161 e. The Bertz CT molecular complexity index is 277. The molecule has 0 aliphatic heterocycles. The lowest BCUT2D eigenvalue weighted by molar-refractivity contribution is 0.112. The highest BCUT2D eigenvalue weighted by molar-refractivity contribution is 9.09. The molecular weight excluding hydrogens is 254 g/mol. The zero-order chi connectivity index (χ0) is 9.68. The Morgan fingerprint density at radius 2 is 2.62 bits per heavy atom. The van der Waals surface area contributed by atoms with E-state index in [0.717, 1.165) is 17.7 Å². The van der Waals surface area contributed by atoms with Gasteiger partial charge in [0.05, 0.1) is 9.70 Å². The Morgan fingerprint density at radius 1 is 1.85 bits per heavy atom. The molecular formula is C8H10BrNO2S. The van der Waals surface area contributed by atoms with Crippen LogP contribution in [-0.4, -0.2) is 25.0 Å². The third kappa shape index (κ3) is 3.17. The molecule has 1 rings (SSSR count). The van der Waals surface area contributed by atoms with Gasteiger partial charge >= 0.3 is 0 Å². The zero-order valence-electron chi connectivity index (χ0n) is 7.20. The number of methoxy groups -OCH3 is 1. The molecule has 0 saturated heterocycles. The standard InChI is InChI=1S/C8H10BrNO2S/c1-12-3-2-7(9)8-10-4-6(5-11)13-8/h4-5,7H,2-3H2,1H3. The minimum atomic E-state index is 0.186. The van der Waals surface area contributed by atoms with E-state index in [-0.39, 0.29) is 4.83 Å². The highest BCUT2D eigenvalue weighted by atomic mass is 79.9. The Labute approximate surface area is 89.3 Å². The molecule has 0 N–H and O–H groups in total. The summed E-state index contributed by atoms with van der Waals surface area (Å²) in [5.74, 6) is 0. The molecule has 72 valence electrons. The molecule has 0 amide bonds. The molecule has 0 saturated carbocycles. The first-order valence-electron chi connectivity index (χ1n) is 3.82. The fourth-order valence-electron chi connectivity index (χ4n) is 0.845. The van der Waals surface area contributed by atoms with Gasteiger partial charge in [-0.1, -0.05) is 15.9 Å². The van der Waals surface area contributed by atoms with E-state index in [1.54, 1.807) is 13.3 Å². The van der Waals surface area contributed by atoms with Gasteiger partial charge in [0.1, 0.15) is 5.01 Å². The van der Waals surface area contributed by atoms with E-state index >= 15 is 0 Å². The average molecular weight is 264 g/mol. The fraction of sp³-hybridized carbons (Fsp3) is 0.500. The molecule has 0 aliphatic carbocycles. The molecule has 1 aromatic heterocycles. The summed E-state index contributed by atoms with van der Waals surface area (Å²) < 4.78 is 4.94. The van der Waals surface area contributed by atoms with E-state index in [4.69, 9.17) is 4.74 Å². The quantitative estimate of drug-likeness (QED) is 0.605. The van der Waals surface area contributed by atoms with Crippen LogP contribution in [0.5, 0.6) is 0 Å². The number of aldehydes is 1. The highest BCUT2D eigenvalue weighted by Crippen LogP contribution is 2.29. The van der Waals surface area contributed by atoms with Crippen LogP contribution in [0.3, 0.4) is 0 Å². The number of ether oxygens (including phenoxy) is 1. The monoisotopic (exact) mass is 263 g/mol. The normalized spacial score (nSPS) is 12.8. The van der Waals surface area contributed by atoms with Gasteiger partial charge in [-0.05, 0) is 6.42 Å². The number of halogens is 1. The van der Waals surface area contributed by atoms with Crippen molar-refractivity contribution in [1.82, 2.24) is 4.98 Å². The molecule has 5 heteroatoms. The highest BCUT2D eigenvalue weighted by Gasteiger charge is 2.11. The molecule has 0 spiro atoms. The van der Waals surface area contributed by atoms with Gasteiger partial charge in [0.25, 0.3) is 0 Å². The van der Waals surface area contributed by atoms with Crippen LogP contribution in [0.25, 0.3) is 0 Å². The Balaban J connectivity index is 2.54.